The van der Waals surface area contributed by atoms with E-state index in [4.69, 9.17) is 0 Å². The van der Waals surface area contributed by atoms with Gasteiger partial charge in [-0.15, -0.1) is 0 Å². The highest BCUT2D eigenvalue weighted by Crippen LogP contribution is 2.30. The van der Waals surface area contributed by atoms with Crippen LogP contribution >= 0.6 is 0 Å². The zero-order chi connectivity index (χ0) is 22.8. The van der Waals surface area contributed by atoms with Gasteiger partial charge in [-0.2, -0.15) is 5.10 Å². The summed E-state index contributed by atoms with van der Waals surface area (Å²) in [6.45, 7) is 11.9. The van der Waals surface area contributed by atoms with Crippen molar-refractivity contribution >= 4 is 27.6 Å². The van der Waals surface area contributed by atoms with Crippen molar-refractivity contribution < 1.29 is 4.79 Å². The predicted octanol–water partition coefficient (Wildman–Crippen LogP) is 6.53. The zero-order valence-corrected chi connectivity index (χ0v) is 19.4. The zero-order valence-electron chi connectivity index (χ0n) is 19.4. The first-order chi connectivity index (χ1) is 15.4. The van der Waals surface area contributed by atoms with E-state index in [2.05, 4.69) is 83.6 Å². The second-order valence-electron chi connectivity index (χ2n) is 8.23. The minimum Gasteiger partial charge on any atom is -0.347 e. The number of aryl methyl sites for hydroxylation is 4. The number of hydrogen-bond acceptors (Lipinski definition) is 2. The molecule has 0 unspecified atom stereocenters. The smallest absolute Gasteiger partial charge is 0.161 e. The minimum absolute atomic E-state index is 0.135. The highest BCUT2D eigenvalue weighted by molar-refractivity contribution is 6.07. The number of Topliss-reactive ketones (excluding diaryl/α,β-unsaturated/α-hetero) is 1. The number of fused-ring (bicyclic) bond motifs is 2. The highest BCUT2D eigenvalue weighted by Gasteiger charge is 2.11. The van der Waals surface area contributed by atoms with Crippen LogP contribution in [0.4, 0.5) is 0 Å². The van der Waals surface area contributed by atoms with E-state index in [1.165, 1.54) is 27.6 Å². The molecule has 0 amide bonds. The first-order valence-electron chi connectivity index (χ1n) is 11.1. The highest BCUT2D eigenvalue weighted by atomic mass is 16.1. The van der Waals surface area contributed by atoms with Crippen LogP contribution in [0.25, 0.3) is 33.1 Å². The quantitative estimate of drug-likeness (QED) is 0.332. The van der Waals surface area contributed by atoms with Gasteiger partial charge in [-0.05, 0) is 63.9 Å². The first kappa shape index (κ1) is 21.6. The van der Waals surface area contributed by atoms with Crippen molar-refractivity contribution in [2.24, 2.45) is 0 Å². The van der Waals surface area contributed by atoms with Crippen LogP contribution in [0.2, 0.25) is 0 Å². The number of hydrogen-bond donors (Lipinski definition) is 1. The number of aromatic amines is 1. The Hall–Kier alpha value is -3.60. The lowest BCUT2D eigenvalue weighted by atomic mass is 10.1. The summed E-state index contributed by atoms with van der Waals surface area (Å²) in [5.74, 6) is 0.135. The van der Waals surface area contributed by atoms with Crippen molar-refractivity contribution in [1.82, 2.24) is 19.3 Å². The van der Waals surface area contributed by atoms with E-state index in [9.17, 15) is 4.79 Å². The molecule has 0 bridgehead atoms. The van der Waals surface area contributed by atoms with Gasteiger partial charge in [-0.3, -0.25) is 9.89 Å². The van der Waals surface area contributed by atoms with Gasteiger partial charge in [0.25, 0.3) is 0 Å². The predicted molar refractivity (Wildman–Crippen MR) is 132 cm³/mol. The lowest BCUT2D eigenvalue weighted by molar-refractivity contribution is 0.101. The van der Waals surface area contributed by atoms with E-state index < -0.39 is 0 Å². The number of rotatable bonds is 4. The molecule has 5 nitrogen and oxygen atoms in total. The number of ketones is 1. The fraction of sp³-hybridized carbons (Fsp3) is 0.259. The van der Waals surface area contributed by atoms with Gasteiger partial charge in [0.1, 0.15) is 0 Å². The van der Waals surface area contributed by atoms with Crippen molar-refractivity contribution in [2.75, 3.05) is 0 Å². The Balaban J connectivity index is 0.000000155. The molecule has 5 aromatic rings. The second-order valence-corrected chi connectivity index (χ2v) is 8.23. The summed E-state index contributed by atoms with van der Waals surface area (Å²) >= 11 is 0. The molecular weight excluding hydrogens is 396 g/mol. The molecule has 0 aliphatic heterocycles. The average Bonchev–Trinajstić information content (AvgIpc) is 3.50. The van der Waals surface area contributed by atoms with E-state index >= 15 is 0 Å². The number of carbonyl (C=O) groups excluding carboxylic acids is 1. The Labute approximate surface area is 188 Å². The molecule has 164 valence electrons. The standard InChI is InChI=1S/C14H15N3.C13H15NO/c1-3-17-9-12(13-6-7-15-16-13)11-5-4-10(2)8-14(11)17;1-4-14-8-12(10(3)15)11-6-5-9(2)7-13(11)14/h4-9H,3H2,1-2H3,(H,15,16);5-8H,4H2,1-3H3. The number of H-pyrrole nitrogens is 1. The second kappa shape index (κ2) is 8.87. The molecule has 32 heavy (non-hydrogen) atoms. The van der Waals surface area contributed by atoms with E-state index in [0.29, 0.717) is 0 Å². The molecule has 0 saturated carbocycles. The summed E-state index contributed by atoms with van der Waals surface area (Å²) < 4.78 is 4.40. The number of nitrogens with one attached hydrogen (secondary N) is 1. The van der Waals surface area contributed by atoms with Crippen LogP contribution in [0.3, 0.4) is 0 Å². The molecular formula is C27H30N4O. The third-order valence-electron chi connectivity index (χ3n) is 5.93. The van der Waals surface area contributed by atoms with Crippen molar-refractivity contribution in [3.05, 3.63) is 77.7 Å². The number of aromatic nitrogens is 4. The monoisotopic (exact) mass is 426 g/mol. The molecule has 0 saturated heterocycles. The Bertz CT molecular complexity index is 1390. The van der Waals surface area contributed by atoms with Crippen LogP contribution in [-0.2, 0) is 13.1 Å². The summed E-state index contributed by atoms with van der Waals surface area (Å²) in [6, 6.07) is 14.8. The molecule has 3 aromatic heterocycles. The van der Waals surface area contributed by atoms with E-state index in [-0.39, 0.29) is 5.78 Å². The van der Waals surface area contributed by atoms with Crippen molar-refractivity contribution in [2.45, 2.75) is 47.7 Å². The van der Waals surface area contributed by atoms with E-state index in [1.807, 2.05) is 18.3 Å². The molecule has 2 aromatic carbocycles. The number of carbonyl (C=O) groups is 1. The summed E-state index contributed by atoms with van der Waals surface area (Å²) in [5, 5.41) is 9.40. The largest absolute Gasteiger partial charge is 0.347 e. The van der Waals surface area contributed by atoms with Crippen LogP contribution in [0, 0.1) is 13.8 Å². The van der Waals surface area contributed by atoms with Gasteiger partial charge in [-0.1, -0.05) is 24.3 Å². The lowest BCUT2D eigenvalue weighted by Gasteiger charge is -2.00. The van der Waals surface area contributed by atoms with Gasteiger partial charge < -0.3 is 9.13 Å². The summed E-state index contributed by atoms with van der Waals surface area (Å²) in [7, 11) is 0. The molecule has 0 radical (unpaired) electrons. The molecule has 0 aliphatic rings. The van der Waals surface area contributed by atoms with E-state index in [0.717, 1.165) is 35.2 Å². The summed E-state index contributed by atoms with van der Waals surface area (Å²) in [4.78, 5) is 11.5. The summed E-state index contributed by atoms with van der Waals surface area (Å²) in [6.07, 6.45) is 5.93. The lowest BCUT2D eigenvalue weighted by Crippen LogP contribution is -1.91. The van der Waals surface area contributed by atoms with Crippen LogP contribution < -0.4 is 0 Å². The van der Waals surface area contributed by atoms with Crippen LogP contribution in [0.15, 0.2) is 61.1 Å². The maximum Gasteiger partial charge on any atom is 0.161 e. The van der Waals surface area contributed by atoms with Crippen LogP contribution in [0.5, 0.6) is 0 Å². The Morgan fingerprint density at radius 2 is 1.47 bits per heavy atom. The van der Waals surface area contributed by atoms with E-state index in [1.54, 1.807) is 13.1 Å². The van der Waals surface area contributed by atoms with Crippen molar-refractivity contribution in [3.8, 4) is 11.3 Å². The Morgan fingerprint density at radius 3 is 2.03 bits per heavy atom. The third kappa shape index (κ3) is 3.98. The molecule has 0 fully saturated rings. The molecule has 0 aliphatic carbocycles. The maximum absolute atomic E-state index is 11.5. The van der Waals surface area contributed by atoms with Crippen molar-refractivity contribution in [3.63, 3.8) is 0 Å². The Kier molecular flexibility index (Phi) is 5.99. The molecule has 0 atom stereocenters. The van der Waals surface area contributed by atoms with Crippen molar-refractivity contribution in [1.29, 1.82) is 0 Å². The topological polar surface area (TPSA) is 55.6 Å². The molecule has 3 heterocycles. The Morgan fingerprint density at radius 1 is 0.875 bits per heavy atom. The van der Waals surface area contributed by atoms with Gasteiger partial charge in [-0.25, -0.2) is 0 Å². The maximum atomic E-state index is 11.5. The van der Waals surface area contributed by atoms with Gasteiger partial charge in [0.2, 0.25) is 0 Å². The van der Waals surface area contributed by atoms with Gasteiger partial charge in [0.05, 0.1) is 5.69 Å². The minimum atomic E-state index is 0.135. The summed E-state index contributed by atoms with van der Waals surface area (Å²) in [5.41, 5.74) is 8.09. The first-order valence-corrected chi connectivity index (χ1v) is 11.1. The van der Waals surface area contributed by atoms with Crippen LogP contribution in [0.1, 0.15) is 42.3 Å². The van der Waals surface area contributed by atoms with Gasteiger partial charge >= 0.3 is 0 Å². The average molecular weight is 427 g/mol. The molecule has 5 rings (SSSR count). The fourth-order valence-corrected chi connectivity index (χ4v) is 4.23. The fourth-order valence-electron chi connectivity index (χ4n) is 4.23. The van der Waals surface area contributed by atoms with Gasteiger partial charge in [0, 0.05) is 64.6 Å². The molecule has 0 spiro atoms. The molecule has 5 heteroatoms. The van der Waals surface area contributed by atoms with Crippen LogP contribution in [-0.4, -0.2) is 25.1 Å². The number of benzene rings is 2. The molecule has 1 N–H and O–H groups in total. The number of nitrogens with zero attached hydrogens (tertiary/aromatic N) is 3. The SMILES string of the molecule is CCn1cc(-c2ccn[nH]2)c2ccc(C)cc21.CCn1cc(C(C)=O)c2ccc(C)cc21. The third-order valence-corrected chi connectivity index (χ3v) is 5.93. The normalized spacial score (nSPS) is 11.0. The van der Waals surface area contributed by atoms with Gasteiger partial charge in [0.15, 0.2) is 5.78 Å².